The summed E-state index contributed by atoms with van der Waals surface area (Å²) < 4.78 is 0. The van der Waals surface area contributed by atoms with E-state index in [1.807, 2.05) is 19.9 Å². The number of nitrogen functional groups attached to an aromatic ring is 1. The summed E-state index contributed by atoms with van der Waals surface area (Å²) in [6.45, 7) is 3.72. The van der Waals surface area contributed by atoms with Gasteiger partial charge in [0.1, 0.15) is 11.5 Å². The lowest BCUT2D eigenvalue weighted by molar-refractivity contribution is 0.102. The minimum atomic E-state index is -0.337. The molecule has 0 saturated carbocycles. The summed E-state index contributed by atoms with van der Waals surface area (Å²) in [5, 5.41) is 2.73. The van der Waals surface area contributed by atoms with Crippen molar-refractivity contribution in [1.82, 2.24) is 15.0 Å². The fourth-order valence-electron chi connectivity index (χ4n) is 1.46. The zero-order chi connectivity index (χ0) is 13.1. The molecule has 0 unspecified atom stereocenters. The number of rotatable bonds is 2. The molecule has 92 valence electrons. The summed E-state index contributed by atoms with van der Waals surface area (Å²) in [6.07, 6.45) is 2.68. The summed E-state index contributed by atoms with van der Waals surface area (Å²) in [5.74, 6) is -0.0593. The number of nitrogens with one attached hydrogen (secondary N) is 1. The van der Waals surface area contributed by atoms with Crippen LogP contribution in [0.3, 0.4) is 0 Å². The number of pyridine rings is 1. The molecule has 2 aromatic heterocycles. The SMILES string of the molecule is Cc1ccc(NC(=O)c2cnc(N)cn2)c(C)n1. The first-order chi connectivity index (χ1) is 8.56. The van der Waals surface area contributed by atoms with Gasteiger partial charge in [-0.1, -0.05) is 0 Å². The molecule has 0 fully saturated rings. The number of hydrogen-bond donors (Lipinski definition) is 2. The third-order valence-electron chi connectivity index (χ3n) is 2.38. The van der Waals surface area contributed by atoms with Crippen molar-refractivity contribution < 1.29 is 4.79 Å². The van der Waals surface area contributed by atoms with Gasteiger partial charge in [-0.2, -0.15) is 0 Å². The molecule has 0 spiro atoms. The van der Waals surface area contributed by atoms with Gasteiger partial charge in [-0.3, -0.25) is 9.78 Å². The van der Waals surface area contributed by atoms with E-state index in [1.54, 1.807) is 6.07 Å². The fraction of sp³-hybridized carbons (Fsp3) is 0.167. The molecule has 0 aliphatic carbocycles. The monoisotopic (exact) mass is 243 g/mol. The highest BCUT2D eigenvalue weighted by Crippen LogP contribution is 2.13. The Hall–Kier alpha value is -2.50. The molecule has 0 saturated heterocycles. The molecule has 1 amide bonds. The Morgan fingerprint density at radius 3 is 2.61 bits per heavy atom. The van der Waals surface area contributed by atoms with Crippen LogP contribution in [-0.2, 0) is 0 Å². The van der Waals surface area contributed by atoms with Crippen LogP contribution in [0.25, 0.3) is 0 Å². The standard InChI is InChI=1S/C12H13N5O/c1-7-3-4-9(8(2)16-7)17-12(18)10-5-15-11(13)6-14-10/h3-6H,1-2H3,(H2,13,15)(H,17,18). The Morgan fingerprint density at radius 1 is 1.22 bits per heavy atom. The van der Waals surface area contributed by atoms with Gasteiger partial charge < -0.3 is 11.1 Å². The van der Waals surface area contributed by atoms with Crippen molar-refractivity contribution in [1.29, 1.82) is 0 Å². The molecule has 2 aromatic rings. The third kappa shape index (κ3) is 2.60. The highest BCUT2D eigenvalue weighted by Gasteiger charge is 2.09. The topological polar surface area (TPSA) is 93.8 Å². The van der Waals surface area contributed by atoms with E-state index < -0.39 is 0 Å². The summed E-state index contributed by atoms with van der Waals surface area (Å²) in [4.78, 5) is 23.9. The second-order valence-electron chi connectivity index (χ2n) is 3.87. The average molecular weight is 243 g/mol. The molecule has 2 heterocycles. The van der Waals surface area contributed by atoms with Crippen LogP contribution in [0.5, 0.6) is 0 Å². The molecule has 3 N–H and O–H groups in total. The third-order valence-corrected chi connectivity index (χ3v) is 2.38. The molecule has 0 bridgehead atoms. The van der Waals surface area contributed by atoms with Crippen LogP contribution in [-0.4, -0.2) is 20.9 Å². The van der Waals surface area contributed by atoms with Crippen molar-refractivity contribution in [3.8, 4) is 0 Å². The molecule has 0 aliphatic rings. The summed E-state index contributed by atoms with van der Waals surface area (Å²) in [6, 6.07) is 3.64. The zero-order valence-electron chi connectivity index (χ0n) is 10.1. The number of hydrogen-bond acceptors (Lipinski definition) is 5. The first-order valence-electron chi connectivity index (χ1n) is 5.39. The highest BCUT2D eigenvalue weighted by atomic mass is 16.1. The van der Waals surface area contributed by atoms with Crippen molar-refractivity contribution >= 4 is 17.4 Å². The van der Waals surface area contributed by atoms with Crippen LogP contribution < -0.4 is 11.1 Å². The van der Waals surface area contributed by atoms with Gasteiger partial charge in [0.05, 0.1) is 23.8 Å². The summed E-state index contributed by atoms with van der Waals surface area (Å²) in [5.41, 5.74) is 7.93. The van der Waals surface area contributed by atoms with E-state index >= 15 is 0 Å². The maximum atomic E-state index is 11.9. The Labute approximate surface area is 104 Å². The van der Waals surface area contributed by atoms with Gasteiger partial charge in [0, 0.05) is 5.69 Å². The molecular formula is C12H13N5O. The Balaban J connectivity index is 2.18. The van der Waals surface area contributed by atoms with E-state index in [1.165, 1.54) is 12.4 Å². The van der Waals surface area contributed by atoms with Crippen LogP contribution in [0.2, 0.25) is 0 Å². The van der Waals surface area contributed by atoms with Crippen molar-refractivity contribution in [3.05, 3.63) is 41.6 Å². The number of aromatic nitrogens is 3. The first kappa shape index (κ1) is 12.0. The van der Waals surface area contributed by atoms with E-state index in [0.717, 1.165) is 11.4 Å². The molecule has 0 atom stereocenters. The van der Waals surface area contributed by atoms with E-state index in [-0.39, 0.29) is 17.4 Å². The number of aryl methyl sites for hydroxylation is 2. The minimum absolute atomic E-state index is 0.212. The van der Waals surface area contributed by atoms with Crippen LogP contribution in [0, 0.1) is 13.8 Å². The van der Waals surface area contributed by atoms with Gasteiger partial charge in [-0.25, -0.2) is 9.97 Å². The van der Waals surface area contributed by atoms with Crippen molar-refractivity contribution in [2.75, 3.05) is 11.1 Å². The van der Waals surface area contributed by atoms with Crippen LogP contribution >= 0.6 is 0 Å². The number of carbonyl (C=O) groups excluding carboxylic acids is 1. The summed E-state index contributed by atoms with van der Waals surface area (Å²) in [7, 11) is 0. The van der Waals surface area contributed by atoms with Crippen molar-refractivity contribution in [2.45, 2.75) is 13.8 Å². The van der Waals surface area contributed by atoms with Gasteiger partial charge in [0.25, 0.3) is 5.91 Å². The van der Waals surface area contributed by atoms with Crippen LogP contribution in [0.1, 0.15) is 21.9 Å². The number of nitrogens with zero attached hydrogens (tertiary/aromatic N) is 3. The predicted molar refractivity (Wildman–Crippen MR) is 68.1 cm³/mol. The van der Waals surface area contributed by atoms with Gasteiger partial charge in [0.2, 0.25) is 0 Å². The highest BCUT2D eigenvalue weighted by molar-refractivity contribution is 6.02. The largest absolute Gasteiger partial charge is 0.382 e. The molecule has 0 aliphatic heterocycles. The van der Waals surface area contributed by atoms with E-state index in [9.17, 15) is 4.79 Å². The minimum Gasteiger partial charge on any atom is -0.382 e. The zero-order valence-corrected chi connectivity index (χ0v) is 10.1. The van der Waals surface area contributed by atoms with Crippen LogP contribution in [0.15, 0.2) is 24.5 Å². The van der Waals surface area contributed by atoms with Gasteiger partial charge in [-0.15, -0.1) is 0 Å². The lowest BCUT2D eigenvalue weighted by Gasteiger charge is -2.07. The van der Waals surface area contributed by atoms with E-state index in [2.05, 4.69) is 20.3 Å². The number of carbonyl (C=O) groups is 1. The molecule has 2 rings (SSSR count). The molecule has 0 radical (unpaired) electrons. The first-order valence-corrected chi connectivity index (χ1v) is 5.39. The molecular weight excluding hydrogens is 230 g/mol. The van der Waals surface area contributed by atoms with Gasteiger partial charge in [-0.05, 0) is 26.0 Å². The normalized spacial score (nSPS) is 10.1. The van der Waals surface area contributed by atoms with Gasteiger partial charge >= 0.3 is 0 Å². The van der Waals surface area contributed by atoms with Gasteiger partial charge in [0.15, 0.2) is 0 Å². The number of nitrogens with two attached hydrogens (primary N) is 1. The van der Waals surface area contributed by atoms with Crippen molar-refractivity contribution in [3.63, 3.8) is 0 Å². The molecule has 0 aromatic carbocycles. The van der Waals surface area contributed by atoms with Crippen molar-refractivity contribution in [2.24, 2.45) is 0 Å². The lowest BCUT2D eigenvalue weighted by Crippen LogP contribution is -2.15. The maximum Gasteiger partial charge on any atom is 0.275 e. The fourth-order valence-corrected chi connectivity index (χ4v) is 1.46. The quantitative estimate of drug-likeness (QED) is 0.829. The molecule has 6 nitrogen and oxygen atoms in total. The Morgan fingerprint density at radius 2 is 2.00 bits per heavy atom. The second-order valence-corrected chi connectivity index (χ2v) is 3.87. The number of anilines is 2. The number of amides is 1. The second kappa shape index (κ2) is 4.79. The average Bonchev–Trinajstić information content (AvgIpc) is 2.33. The molecule has 6 heteroatoms. The summed E-state index contributed by atoms with van der Waals surface area (Å²) >= 11 is 0. The lowest BCUT2D eigenvalue weighted by atomic mass is 10.2. The Bertz CT molecular complexity index is 580. The van der Waals surface area contributed by atoms with Crippen LogP contribution in [0.4, 0.5) is 11.5 Å². The predicted octanol–water partition coefficient (Wildman–Crippen LogP) is 1.32. The smallest absolute Gasteiger partial charge is 0.275 e. The van der Waals surface area contributed by atoms with E-state index in [4.69, 9.17) is 5.73 Å². The molecule has 18 heavy (non-hydrogen) atoms. The maximum absolute atomic E-state index is 11.9. The Kier molecular flexibility index (Phi) is 3.18. The van der Waals surface area contributed by atoms with E-state index in [0.29, 0.717) is 5.69 Å².